The van der Waals surface area contributed by atoms with Crippen molar-refractivity contribution < 1.29 is 22.7 Å². The number of thioether (sulfide) groups is 1. The Morgan fingerprint density at radius 1 is 1.11 bits per heavy atom. The van der Waals surface area contributed by atoms with Gasteiger partial charge in [-0.1, -0.05) is 42.8 Å². The van der Waals surface area contributed by atoms with Gasteiger partial charge in [0.25, 0.3) is 5.91 Å². The number of carbonyl (C=O) groups excluding carboxylic acids is 1. The number of fused-ring (bicyclic) bond motifs is 1. The first kappa shape index (κ1) is 24.7. The van der Waals surface area contributed by atoms with Crippen LogP contribution >= 0.6 is 11.8 Å². The summed E-state index contributed by atoms with van der Waals surface area (Å²) in [6.07, 6.45) is 1.50. The Kier molecular flexibility index (Phi) is 7.08. The second-order valence-corrected chi connectivity index (χ2v) is 11.1. The monoisotopic (exact) mass is 512 g/mol. The van der Waals surface area contributed by atoms with Crippen molar-refractivity contribution in [3.8, 4) is 11.5 Å². The number of carbonyl (C=O) groups is 1. The molecule has 182 valence electrons. The molecule has 0 aromatic heterocycles. The Labute approximate surface area is 208 Å². The molecule has 0 atom stereocenters. The van der Waals surface area contributed by atoms with Crippen LogP contribution in [0.5, 0.6) is 11.5 Å². The van der Waals surface area contributed by atoms with Crippen LogP contribution in [-0.4, -0.2) is 47.1 Å². The van der Waals surface area contributed by atoms with Crippen LogP contribution in [0.3, 0.4) is 0 Å². The summed E-state index contributed by atoms with van der Waals surface area (Å²) < 4.78 is 35.9. The number of rotatable bonds is 7. The average molecular weight is 513 g/mol. The van der Waals surface area contributed by atoms with Crippen LogP contribution in [0.2, 0.25) is 0 Å². The third kappa shape index (κ3) is 5.30. The maximum absolute atomic E-state index is 12.6. The van der Waals surface area contributed by atoms with Crippen LogP contribution in [0.1, 0.15) is 30.5 Å². The van der Waals surface area contributed by atoms with Gasteiger partial charge in [-0.25, -0.2) is 8.42 Å². The van der Waals surface area contributed by atoms with Gasteiger partial charge in [0.05, 0.1) is 17.9 Å². The number of hydrogen-bond acceptors (Lipinski definition) is 8. The Morgan fingerprint density at radius 3 is 2.63 bits per heavy atom. The predicted octanol–water partition coefficient (Wildman–Crippen LogP) is 3.98. The number of amides is 1. The van der Waals surface area contributed by atoms with Gasteiger partial charge in [0.1, 0.15) is 6.61 Å². The summed E-state index contributed by atoms with van der Waals surface area (Å²) in [4.78, 5) is 16.6. The third-order valence-corrected chi connectivity index (χ3v) is 8.23. The zero-order valence-electron chi connectivity index (χ0n) is 19.4. The first-order valence-corrected chi connectivity index (χ1v) is 13.4. The minimum atomic E-state index is -3.59. The molecule has 0 bridgehead atoms. The van der Waals surface area contributed by atoms with Crippen LogP contribution in [0.15, 0.2) is 58.1 Å². The standard InChI is InChI=1S/C24H24N4O5S2/c1-4-32-20-13-16(9-10-19(20)33-14-17-8-6-7-15(3)11-17)12-18-21(25)28-23(26-22(18)29)34-24(27-28)35(30,31)5-2/h6-13,25H,4-5,14H2,1-3H3/b18-12-,25-21?. The van der Waals surface area contributed by atoms with Crippen molar-refractivity contribution in [3.63, 3.8) is 0 Å². The topological polar surface area (TPSA) is 121 Å². The van der Waals surface area contributed by atoms with E-state index in [1.807, 2.05) is 38.1 Å². The highest BCUT2D eigenvalue weighted by Gasteiger charge is 2.39. The molecule has 0 unspecified atom stereocenters. The van der Waals surface area contributed by atoms with E-state index < -0.39 is 15.7 Å². The van der Waals surface area contributed by atoms with Gasteiger partial charge in [0.15, 0.2) is 17.3 Å². The van der Waals surface area contributed by atoms with Gasteiger partial charge >= 0.3 is 0 Å². The summed E-state index contributed by atoms with van der Waals surface area (Å²) in [5.41, 5.74) is 2.76. The van der Waals surface area contributed by atoms with Gasteiger partial charge in [0.2, 0.25) is 19.4 Å². The molecule has 4 rings (SSSR count). The first-order chi connectivity index (χ1) is 16.7. The van der Waals surface area contributed by atoms with E-state index in [1.54, 1.807) is 18.2 Å². The number of aliphatic imine (C=N–C) groups is 1. The fourth-order valence-corrected chi connectivity index (χ4v) is 5.52. The summed E-state index contributed by atoms with van der Waals surface area (Å²) in [6.45, 7) is 6.17. The van der Waals surface area contributed by atoms with E-state index in [4.69, 9.17) is 14.9 Å². The van der Waals surface area contributed by atoms with Gasteiger partial charge in [-0.3, -0.25) is 10.2 Å². The molecule has 2 aliphatic heterocycles. The molecule has 35 heavy (non-hydrogen) atoms. The zero-order chi connectivity index (χ0) is 25.2. The molecule has 0 spiro atoms. The van der Waals surface area contributed by atoms with Crippen molar-refractivity contribution in [2.75, 3.05) is 12.4 Å². The number of benzene rings is 2. The number of amidine groups is 2. The maximum atomic E-state index is 12.6. The van der Waals surface area contributed by atoms with Gasteiger partial charge in [-0.15, -0.1) is 5.10 Å². The maximum Gasteiger partial charge on any atom is 0.283 e. The largest absolute Gasteiger partial charge is 0.490 e. The number of nitrogens with zero attached hydrogens (tertiary/aromatic N) is 3. The Hall–Kier alpha value is -3.44. The third-order valence-electron chi connectivity index (χ3n) is 5.14. The van der Waals surface area contributed by atoms with Crippen molar-refractivity contribution in [1.82, 2.24) is 5.01 Å². The summed E-state index contributed by atoms with van der Waals surface area (Å²) in [5.74, 6) is 0.0290. The Morgan fingerprint density at radius 2 is 1.91 bits per heavy atom. The second kappa shape index (κ2) is 10.0. The summed E-state index contributed by atoms with van der Waals surface area (Å²) >= 11 is 0.770. The number of nitrogens with one attached hydrogen (secondary N) is 1. The molecule has 2 aliphatic rings. The van der Waals surface area contributed by atoms with Gasteiger partial charge in [0, 0.05) is 0 Å². The van der Waals surface area contributed by atoms with E-state index in [9.17, 15) is 13.2 Å². The molecular formula is C24H24N4O5S2. The normalized spacial score (nSPS) is 16.8. The number of hydrogen-bond donors (Lipinski definition) is 1. The summed E-state index contributed by atoms with van der Waals surface area (Å²) in [5, 5.41) is 13.6. The number of ether oxygens (including phenoxy) is 2. The van der Waals surface area contributed by atoms with Gasteiger partial charge in [-0.2, -0.15) is 10.0 Å². The quantitative estimate of drug-likeness (QED) is 0.557. The van der Waals surface area contributed by atoms with Crippen LogP contribution in [0.25, 0.3) is 6.08 Å². The smallest absolute Gasteiger partial charge is 0.283 e. The second-order valence-electron chi connectivity index (χ2n) is 7.71. The summed E-state index contributed by atoms with van der Waals surface area (Å²) in [7, 11) is -3.59. The highest BCUT2D eigenvalue weighted by Crippen LogP contribution is 2.33. The van der Waals surface area contributed by atoms with Crippen molar-refractivity contribution in [1.29, 1.82) is 5.41 Å². The van der Waals surface area contributed by atoms with Gasteiger partial charge in [-0.05, 0) is 54.9 Å². The van der Waals surface area contributed by atoms with Crippen molar-refractivity contribution in [2.24, 2.45) is 10.1 Å². The molecule has 0 saturated heterocycles. The first-order valence-electron chi connectivity index (χ1n) is 10.9. The van der Waals surface area contributed by atoms with E-state index in [0.717, 1.165) is 27.9 Å². The lowest BCUT2D eigenvalue weighted by Crippen LogP contribution is -2.35. The summed E-state index contributed by atoms with van der Waals surface area (Å²) in [6, 6.07) is 13.2. The van der Waals surface area contributed by atoms with Crippen LogP contribution in [0.4, 0.5) is 0 Å². The number of sulfone groups is 1. The average Bonchev–Trinajstić information content (AvgIpc) is 3.26. The minimum absolute atomic E-state index is 0.0101. The minimum Gasteiger partial charge on any atom is -0.490 e. The lowest BCUT2D eigenvalue weighted by molar-refractivity contribution is -0.114. The van der Waals surface area contributed by atoms with E-state index in [-0.39, 0.29) is 26.7 Å². The molecule has 2 aromatic rings. The highest BCUT2D eigenvalue weighted by molar-refractivity contribution is 8.42. The SMILES string of the molecule is CCOc1cc(/C=C2/C(=N)N3N=C(S(=O)(=O)CC)SC3=NC2=O)ccc1OCc1cccc(C)c1. The molecule has 2 aromatic carbocycles. The van der Waals surface area contributed by atoms with Crippen LogP contribution < -0.4 is 9.47 Å². The number of hydrazone groups is 1. The zero-order valence-corrected chi connectivity index (χ0v) is 21.1. The lowest BCUT2D eigenvalue weighted by atomic mass is 10.1. The van der Waals surface area contributed by atoms with Crippen molar-refractivity contribution >= 4 is 49.0 Å². The lowest BCUT2D eigenvalue weighted by Gasteiger charge is -2.20. The molecule has 0 fully saturated rings. The van der Waals surface area contributed by atoms with Crippen LogP contribution in [0, 0.1) is 12.3 Å². The molecule has 9 nitrogen and oxygen atoms in total. The van der Waals surface area contributed by atoms with E-state index in [0.29, 0.717) is 30.3 Å². The van der Waals surface area contributed by atoms with E-state index >= 15 is 0 Å². The fraction of sp³-hybridized carbons (Fsp3) is 0.250. The number of aryl methyl sites for hydroxylation is 1. The fourth-order valence-electron chi connectivity index (χ4n) is 3.36. The molecule has 1 N–H and O–H groups in total. The highest BCUT2D eigenvalue weighted by atomic mass is 32.3. The molecule has 11 heteroatoms. The molecule has 1 amide bonds. The Bertz CT molecular complexity index is 1400. The van der Waals surface area contributed by atoms with E-state index in [2.05, 4.69) is 10.1 Å². The molecule has 2 heterocycles. The molecule has 0 aliphatic carbocycles. The molecule has 0 radical (unpaired) electrons. The van der Waals surface area contributed by atoms with Gasteiger partial charge < -0.3 is 9.47 Å². The van der Waals surface area contributed by atoms with Crippen molar-refractivity contribution in [2.45, 2.75) is 27.4 Å². The van der Waals surface area contributed by atoms with E-state index in [1.165, 1.54) is 13.0 Å². The molecule has 0 saturated carbocycles. The van der Waals surface area contributed by atoms with Crippen LogP contribution in [-0.2, 0) is 21.2 Å². The van der Waals surface area contributed by atoms with Crippen molar-refractivity contribution in [3.05, 3.63) is 64.7 Å². The predicted molar refractivity (Wildman–Crippen MR) is 138 cm³/mol. The Balaban J connectivity index is 1.60. The molecular weight excluding hydrogens is 488 g/mol.